The molecule has 5 heteroatoms. The van der Waals surface area contributed by atoms with Gasteiger partial charge in [0.2, 0.25) is 0 Å². The summed E-state index contributed by atoms with van der Waals surface area (Å²) < 4.78 is 41.1. The topological polar surface area (TPSA) is 23.5 Å². The van der Waals surface area contributed by atoms with E-state index in [0.29, 0.717) is 19.3 Å². The molecule has 1 fully saturated rings. The minimum Gasteiger partial charge on any atom is -0.389 e. The standard InChI is InChI=1S/C24H30F3NO/c1-28(2)22(19-13-7-8-14-20(19)24(25,26)27)17-21(18-11-5-3-6-12-18)23(29)15-9-4-10-16-23/h3,5-8,11-14,21-22,29H,4,9-10,15-17H2,1-2H3. The maximum absolute atomic E-state index is 13.7. The zero-order chi connectivity index (χ0) is 21.1. The average Bonchev–Trinajstić information content (AvgIpc) is 2.69. The van der Waals surface area contributed by atoms with Crippen molar-refractivity contribution in [3.05, 3.63) is 71.3 Å². The van der Waals surface area contributed by atoms with Crippen LogP contribution in [0.2, 0.25) is 0 Å². The molecule has 1 N–H and O–H groups in total. The molecule has 0 saturated heterocycles. The van der Waals surface area contributed by atoms with Gasteiger partial charge in [-0.2, -0.15) is 13.2 Å². The fourth-order valence-electron chi connectivity index (χ4n) is 4.75. The number of hydrogen-bond acceptors (Lipinski definition) is 2. The third kappa shape index (κ3) is 5.01. The number of hydrogen-bond donors (Lipinski definition) is 1. The van der Waals surface area contributed by atoms with Crippen LogP contribution in [-0.4, -0.2) is 29.7 Å². The Morgan fingerprint density at radius 3 is 2.10 bits per heavy atom. The number of benzene rings is 2. The molecule has 2 unspecified atom stereocenters. The van der Waals surface area contributed by atoms with Crippen molar-refractivity contribution in [2.75, 3.05) is 14.1 Å². The number of aliphatic hydroxyl groups is 1. The van der Waals surface area contributed by atoms with E-state index in [-0.39, 0.29) is 11.5 Å². The molecule has 2 nitrogen and oxygen atoms in total. The van der Waals surface area contributed by atoms with Gasteiger partial charge in [-0.25, -0.2) is 0 Å². The molecule has 2 aromatic carbocycles. The molecule has 0 aliphatic heterocycles. The van der Waals surface area contributed by atoms with Crippen molar-refractivity contribution in [2.24, 2.45) is 0 Å². The Morgan fingerprint density at radius 2 is 1.52 bits per heavy atom. The summed E-state index contributed by atoms with van der Waals surface area (Å²) in [4.78, 5) is 1.84. The summed E-state index contributed by atoms with van der Waals surface area (Å²) in [5, 5.41) is 11.6. The van der Waals surface area contributed by atoms with Crippen molar-refractivity contribution in [2.45, 2.75) is 62.3 Å². The van der Waals surface area contributed by atoms with Gasteiger partial charge in [0.15, 0.2) is 0 Å². The van der Waals surface area contributed by atoms with Crippen LogP contribution in [0, 0.1) is 0 Å². The van der Waals surface area contributed by atoms with E-state index in [4.69, 9.17) is 0 Å². The molecule has 1 aliphatic rings. The van der Waals surface area contributed by atoms with Crippen molar-refractivity contribution in [3.8, 4) is 0 Å². The molecule has 0 spiro atoms. The minimum absolute atomic E-state index is 0.224. The highest BCUT2D eigenvalue weighted by Gasteiger charge is 2.42. The zero-order valence-corrected chi connectivity index (χ0v) is 17.1. The molecular weight excluding hydrogens is 375 g/mol. The van der Waals surface area contributed by atoms with Gasteiger partial charge in [-0.3, -0.25) is 0 Å². The SMILES string of the molecule is CN(C)C(CC(c1ccccc1)C1(O)CCCCC1)c1ccccc1C(F)(F)F. The highest BCUT2D eigenvalue weighted by Crippen LogP contribution is 2.46. The van der Waals surface area contributed by atoms with E-state index >= 15 is 0 Å². The Balaban J connectivity index is 2.03. The van der Waals surface area contributed by atoms with Crippen LogP contribution in [0.1, 0.15) is 67.2 Å². The lowest BCUT2D eigenvalue weighted by atomic mass is 9.69. The van der Waals surface area contributed by atoms with Crippen molar-refractivity contribution >= 4 is 0 Å². The summed E-state index contributed by atoms with van der Waals surface area (Å²) in [6.07, 6.45) is 0.395. The summed E-state index contributed by atoms with van der Waals surface area (Å²) in [5.41, 5.74) is -0.221. The van der Waals surface area contributed by atoms with Crippen molar-refractivity contribution in [1.29, 1.82) is 0 Å². The summed E-state index contributed by atoms with van der Waals surface area (Å²) in [6.45, 7) is 0. The lowest BCUT2D eigenvalue weighted by molar-refractivity contribution is -0.138. The predicted molar refractivity (Wildman–Crippen MR) is 110 cm³/mol. The third-order valence-corrected chi connectivity index (χ3v) is 6.28. The molecule has 0 amide bonds. The Labute approximate surface area is 171 Å². The van der Waals surface area contributed by atoms with E-state index in [9.17, 15) is 18.3 Å². The molecule has 1 aliphatic carbocycles. The molecule has 0 aromatic heterocycles. The lowest BCUT2D eigenvalue weighted by Crippen LogP contribution is -2.40. The van der Waals surface area contributed by atoms with E-state index in [2.05, 4.69) is 0 Å². The zero-order valence-electron chi connectivity index (χ0n) is 17.1. The van der Waals surface area contributed by atoms with E-state index < -0.39 is 23.4 Å². The first kappa shape index (κ1) is 21.8. The maximum Gasteiger partial charge on any atom is 0.416 e. The first-order chi connectivity index (χ1) is 13.7. The van der Waals surface area contributed by atoms with Crippen LogP contribution in [0.5, 0.6) is 0 Å². The molecule has 158 valence electrons. The van der Waals surface area contributed by atoms with Gasteiger partial charge in [0.05, 0.1) is 11.2 Å². The van der Waals surface area contributed by atoms with Gasteiger partial charge in [0, 0.05) is 12.0 Å². The highest BCUT2D eigenvalue weighted by molar-refractivity contribution is 5.34. The largest absolute Gasteiger partial charge is 0.416 e. The van der Waals surface area contributed by atoms with Crippen LogP contribution < -0.4 is 0 Å². The summed E-state index contributed by atoms with van der Waals surface area (Å²) in [6, 6.07) is 15.1. The molecule has 3 rings (SSSR count). The summed E-state index contributed by atoms with van der Waals surface area (Å²) in [5.74, 6) is -0.224. The van der Waals surface area contributed by atoms with Gasteiger partial charge >= 0.3 is 6.18 Å². The second-order valence-electron chi connectivity index (χ2n) is 8.43. The Kier molecular flexibility index (Phi) is 6.69. The van der Waals surface area contributed by atoms with Crippen LogP contribution in [-0.2, 0) is 6.18 Å². The normalized spacial score (nSPS) is 19.1. The van der Waals surface area contributed by atoms with Crippen LogP contribution in [0.3, 0.4) is 0 Å². The number of alkyl halides is 3. The van der Waals surface area contributed by atoms with Gasteiger partial charge in [0.1, 0.15) is 0 Å². The van der Waals surface area contributed by atoms with E-state index in [1.807, 2.05) is 49.3 Å². The average molecular weight is 406 g/mol. The van der Waals surface area contributed by atoms with Gasteiger partial charge < -0.3 is 10.0 Å². The predicted octanol–water partition coefficient (Wildman–Crippen LogP) is 6.18. The summed E-state index contributed by atoms with van der Waals surface area (Å²) >= 11 is 0. The van der Waals surface area contributed by atoms with Gasteiger partial charge in [-0.1, -0.05) is 67.8 Å². The fourth-order valence-corrected chi connectivity index (χ4v) is 4.75. The second kappa shape index (κ2) is 8.88. The quantitative estimate of drug-likeness (QED) is 0.621. The monoisotopic (exact) mass is 405 g/mol. The molecule has 0 radical (unpaired) electrons. The number of nitrogens with zero attached hydrogens (tertiary/aromatic N) is 1. The molecule has 2 atom stereocenters. The Bertz CT molecular complexity index is 782. The Morgan fingerprint density at radius 1 is 0.931 bits per heavy atom. The summed E-state index contributed by atoms with van der Waals surface area (Å²) in [7, 11) is 3.62. The van der Waals surface area contributed by atoms with E-state index in [1.165, 1.54) is 6.07 Å². The van der Waals surface area contributed by atoms with Crippen LogP contribution >= 0.6 is 0 Å². The molecule has 2 aromatic rings. The minimum atomic E-state index is -4.41. The first-order valence-corrected chi connectivity index (χ1v) is 10.3. The molecule has 0 bridgehead atoms. The van der Waals surface area contributed by atoms with Crippen molar-refractivity contribution in [3.63, 3.8) is 0 Å². The smallest absolute Gasteiger partial charge is 0.389 e. The Hall–Kier alpha value is -1.85. The van der Waals surface area contributed by atoms with Crippen molar-refractivity contribution < 1.29 is 18.3 Å². The van der Waals surface area contributed by atoms with Crippen LogP contribution in [0.4, 0.5) is 13.2 Å². The third-order valence-electron chi connectivity index (χ3n) is 6.28. The maximum atomic E-state index is 13.7. The van der Waals surface area contributed by atoms with Gasteiger partial charge in [0.25, 0.3) is 0 Å². The van der Waals surface area contributed by atoms with Gasteiger partial charge in [-0.15, -0.1) is 0 Å². The van der Waals surface area contributed by atoms with Crippen LogP contribution in [0.25, 0.3) is 0 Å². The first-order valence-electron chi connectivity index (χ1n) is 10.3. The van der Waals surface area contributed by atoms with E-state index in [0.717, 1.165) is 30.9 Å². The number of rotatable bonds is 6. The fraction of sp³-hybridized carbons (Fsp3) is 0.500. The highest BCUT2D eigenvalue weighted by atomic mass is 19.4. The van der Waals surface area contributed by atoms with Gasteiger partial charge in [-0.05, 0) is 50.6 Å². The molecule has 0 heterocycles. The molecule has 29 heavy (non-hydrogen) atoms. The van der Waals surface area contributed by atoms with Crippen molar-refractivity contribution in [1.82, 2.24) is 4.90 Å². The second-order valence-corrected chi connectivity index (χ2v) is 8.43. The van der Waals surface area contributed by atoms with E-state index in [1.54, 1.807) is 12.1 Å². The molecule has 1 saturated carbocycles. The lowest BCUT2D eigenvalue weighted by Gasteiger charge is -2.42. The molecular formula is C24H30F3NO. The number of halogens is 3. The van der Waals surface area contributed by atoms with Crippen LogP contribution in [0.15, 0.2) is 54.6 Å².